The standard InChI is InChI=1S/C5H4N2OS.C2H6/c1-3-7-4-5(9-3)6-2-8-4;1-2/h2H,1H3;1-2H3. The van der Waals surface area contributed by atoms with E-state index in [4.69, 9.17) is 4.42 Å². The van der Waals surface area contributed by atoms with Gasteiger partial charge in [0.1, 0.15) is 0 Å². The summed E-state index contributed by atoms with van der Waals surface area (Å²) in [5.74, 6) is 0. The van der Waals surface area contributed by atoms with E-state index in [9.17, 15) is 0 Å². The summed E-state index contributed by atoms with van der Waals surface area (Å²) in [6, 6.07) is 0. The number of fused-ring (bicyclic) bond motifs is 1. The quantitative estimate of drug-likeness (QED) is 0.610. The molecule has 3 nitrogen and oxygen atoms in total. The maximum Gasteiger partial charge on any atom is 0.258 e. The van der Waals surface area contributed by atoms with Crippen molar-refractivity contribution in [2.45, 2.75) is 20.8 Å². The van der Waals surface area contributed by atoms with Crippen LogP contribution in [0.25, 0.3) is 10.5 Å². The minimum atomic E-state index is 0.650. The van der Waals surface area contributed by atoms with Crippen molar-refractivity contribution in [1.82, 2.24) is 9.97 Å². The highest BCUT2D eigenvalue weighted by molar-refractivity contribution is 7.17. The lowest BCUT2D eigenvalue weighted by Crippen LogP contribution is -1.61. The molecule has 0 aromatic carbocycles. The Morgan fingerprint density at radius 1 is 1.45 bits per heavy atom. The molecule has 0 saturated heterocycles. The molecule has 0 spiro atoms. The molecule has 0 bridgehead atoms. The van der Waals surface area contributed by atoms with Gasteiger partial charge < -0.3 is 4.42 Å². The van der Waals surface area contributed by atoms with Gasteiger partial charge in [-0.15, -0.1) is 0 Å². The Hall–Kier alpha value is -0.900. The van der Waals surface area contributed by atoms with E-state index >= 15 is 0 Å². The van der Waals surface area contributed by atoms with Gasteiger partial charge in [0.2, 0.25) is 0 Å². The van der Waals surface area contributed by atoms with Gasteiger partial charge in [0.15, 0.2) is 11.2 Å². The first-order chi connectivity index (χ1) is 5.36. The topological polar surface area (TPSA) is 38.9 Å². The lowest BCUT2D eigenvalue weighted by molar-refractivity contribution is 0.590. The number of hydrogen-bond donors (Lipinski definition) is 0. The zero-order valence-corrected chi connectivity index (χ0v) is 7.60. The Bertz CT molecular complexity index is 297. The molecule has 2 aromatic rings. The fourth-order valence-corrected chi connectivity index (χ4v) is 1.36. The molecular formula is C7H10N2OS. The predicted molar refractivity (Wildman–Crippen MR) is 45.8 cm³/mol. The summed E-state index contributed by atoms with van der Waals surface area (Å²) in [4.78, 5) is 8.87. The number of rotatable bonds is 0. The molecule has 0 N–H and O–H groups in total. The minimum Gasteiger partial charge on any atom is -0.424 e. The maximum atomic E-state index is 4.93. The number of aryl methyl sites for hydroxylation is 1. The lowest BCUT2D eigenvalue weighted by atomic mass is 10.8. The second-order valence-electron chi connectivity index (χ2n) is 1.70. The third-order valence-corrected chi connectivity index (χ3v) is 1.88. The Balaban J connectivity index is 0.000000281. The lowest BCUT2D eigenvalue weighted by Gasteiger charge is -1.68. The van der Waals surface area contributed by atoms with Crippen molar-refractivity contribution in [3.05, 3.63) is 11.4 Å². The Labute approximate surface area is 69.1 Å². The summed E-state index contributed by atoms with van der Waals surface area (Å²) in [5.41, 5.74) is 0.650. The third-order valence-electron chi connectivity index (χ3n) is 1.02. The van der Waals surface area contributed by atoms with Gasteiger partial charge in [-0.3, -0.25) is 0 Å². The second-order valence-corrected chi connectivity index (χ2v) is 2.88. The molecule has 4 heteroatoms. The highest BCUT2D eigenvalue weighted by Crippen LogP contribution is 2.18. The second kappa shape index (κ2) is 3.48. The summed E-state index contributed by atoms with van der Waals surface area (Å²) < 4.78 is 4.93. The molecule has 60 valence electrons. The van der Waals surface area contributed by atoms with E-state index in [1.165, 1.54) is 6.39 Å². The monoisotopic (exact) mass is 170 g/mol. The van der Waals surface area contributed by atoms with Crippen LogP contribution in [0.5, 0.6) is 0 Å². The molecule has 2 heterocycles. The average Bonchev–Trinajstić information content (AvgIpc) is 2.51. The normalized spacial score (nSPS) is 9.36. The van der Waals surface area contributed by atoms with Gasteiger partial charge in [-0.25, -0.2) is 9.97 Å². The van der Waals surface area contributed by atoms with Crippen LogP contribution in [0.1, 0.15) is 18.9 Å². The largest absolute Gasteiger partial charge is 0.424 e. The molecular weight excluding hydrogens is 160 g/mol. The number of thiazole rings is 1. The summed E-state index contributed by atoms with van der Waals surface area (Å²) in [6.45, 7) is 5.93. The highest BCUT2D eigenvalue weighted by atomic mass is 32.1. The minimum absolute atomic E-state index is 0.650. The van der Waals surface area contributed by atoms with E-state index in [2.05, 4.69) is 9.97 Å². The Morgan fingerprint density at radius 3 is 2.82 bits per heavy atom. The fraction of sp³-hybridized carbons (Fsp3) is 0.429. The van der Waals surface area contributed by atoms with Crippen LogP contribution < -0.4 is 0 Å². The van der Waals surface area contributed by atoms with E-state index in [1.807, 2.05) is 20.8 Å². The summed E-state index contributed by atoms with van der Waals surface area (Å²) in [7, 11) is 0. The summed E-state index contributed by atoms with van der Waals surface area (Å²) >= 11 is 1.54. The van der Waals surface area contributed by atoms with Crippen LogP contribution in [0.3, 0.4) is 0 Å². The van der Waals surface area contributed by atoms with Crippen LogP contribution in [0.2, 0.25) is 0 Å². The van der Waals surface area contributed by atoms with Crippen LogP contribution in [-0.2, 0) is 0 Å². The molecule has 0 aliphatic rings. The smallest absolute Gasteiger partial charge is 0.258 e. The van der Waals surface area contributed by atoms with Crippen molar-refractivity contribution in [3.8, 4) is 0 Å². The summed E-state index contributed by atoms with van der Waals surface area (Å²) in [5, 5.41) is 0.997. The highest BCUT2D eigenvalue weighted by Gasteiger charge is 2.01. The first-order valence-electron chi connectivity index (χ1n) is 3.53. The molecule has 0 aliphatic heterocycles. The first-order valence-corrected chi connectivity index (χ1v) is 4.34. The van der Waals surface area contributed by atoms with Crippen LogP contribution in [0.15, 0.2) is 10.8 Å². The van der Waals surface area contributed by atoms with Gasteiger partial charge in [0.25, 0.3) is 5.71 Å². The van der Waals surface area contributed by atoms with Crippen LogP contribution in [-0.4, -0.2) is 9.97 Å². The molecule has 0 unspecified atom stereocenters. The Morgan fingerprint density at radius 2 is 2.18 bits per heavy atom. The van der Waals surface area contributed by atoms with Crippen molar-refractivity contribution in [1.29, 1.82) is 0 Å². The molecule has 0 amide bonds. The molecule has 0 fully saturated rings. The molecule has 0 radical (unpaired) electrons. The van der Waals surface area contributed by atoms with Gasteiger partial charge in [0.05, 0.1) is 5.01 Å². The van der Waals surface area contributed by atoms with Gasteiger partial charge in [0, 0.05) is 0 Å². The van der Waals surface area contributed by atoms with Crippen molar-refractivity contribution in [2.75, 3.05) is 0 Å². The van der Waals surface area contributed by atoms with Crippen LogP contribution in [0.4, 0.5) is 0 Å². The van der Waals surface area contributed by atoms with E-state index in [0.29, 0.717) is 5.71 Å². The van der Waals surface area contributed by atoms with Crippen molar-refractivity contribution < 1.29 is 4.42 Å². The zero-order chi connectivity index (χ0) is 8.27. The van der Waals surface area contributed by atoms with Crippen molar-refractivity contribution >= 4 is 21.9 Å². The molecule has 2 aromatic heterocycles. The third kappa shape index (κ3) is 1.57. The fourth-order valence-electron chi connectivity index (χ4n) is 0.680. The molecule has 11 heavy (non-hydrogen) atoms. The summed E-state index contributed by atoms with van der Waals surface area (Å²) in [6.07, 6.45) is 1.41. The zero-order valence-electron chi connectivity index (χ0n) is 6.79. The van der Waals surface area contributed by atoms with Gasteiger partial charge in [-0.05, 0) is 6.92 Å². The van der Waals surface area contributed by atoms with E-state index in [-0.39, 0.29) is 0 Å². The van der Waals surface area contributed by atoms with Crippen molar-refractivity contribution in [3.63, 3.8) is 0 Å². The number of nitrogens with zero attached hydrogens (tertiary/aromatic N) is 2. The molecule has 0 aliphatic carbocycles. The first kappa shape index (κ1) is 8.20. The van der Waals surface area contributed by atoms with E-state index < -0.39 is 0 Å². The molecule has 2 rings (SSSR count). The van der Waals surface area contributed by atoms with Crippen LogP contribution in [0, 0.1) is 6.92 Å². The van der Waals surface area contributed by atoms with Gasteiger partial charge >= 0.3 is 0 Å². The van der Waals surface area contributed by atoms with Gasteiger partial charge in [-0.2, -0.15) is 0 Å². The van der Waals surface area contributed by atoms with Crippen molar-refractivity contribution in [2.24, 2.45) is 0 Å². The SMILES string of the molecule is CC.Cc1nc2ocnc2s1. The van der Waals surface area contributed by atoms with Gasteiger partial charge in [-0.1, -0.05) is 25.2 Å². The Kier molecular flexibility index (Phi) is 2.59. The van der Waals surface area contributed by atoms with E-state index in [1.54, 1.807) is 11.3 Å². The molecule has 0 atom stereocenters. The number of oxazole rings is 1. The number of hydrogen-bond acceptors (Lipinski definition) is 4. The predicted octanol–water partition coefficient (Wildman–Crippen LogP) is 2.62. The van der Waals surface area contributed by atoms with Crippen LogP contribution >= 0.6 is 11.3 Å². The average molecular weight is 170 g/mol. The number of aromatic nitrogens is 2. The maximum absolute atomic E-state index is 4.93. The molecule has 0 saturated carbocycles. The van der Waals surface area contributed by atoms with E-state index in [0.717, 1.165) is 9.84 Å².